The Morgan fingerprint density at radius 1 is 0.880 bits per heavy atom. The van der Waals surface area contributed by atoms with Crippen LogP contribution in [0.4, 0.5) is 14.5 Å². The minimum atomic E-state index is -0.859. The molecule has 128 valence electrons. The van der Waals surface area contributed by atoms with Crippen molar-refractivity contribution in [3.8, 4) is 5.75 Å². The van der Waals surface area contributed by atoms with Crippen molar-refractivity contribution in [1.29, 1.82) is 0 Å². The molecule has 0 saturated heterocycles. The van der Waals surface area contributed by atoms with Gasteiger partial charge in [0.15, 0.2) is 11.6 Å². The van der Waals surface area contributed by atoms with Gasteiger partial charge < -0.3 is 10.1 Å². The third-order valence-electron chi connectivity index (χ3n) is 3.93. The molecule has 3 aromatic rings. The maximum absolute atomic E-state index is 13.3. The van der Waals surface area contributed by atoms with Crippen molar-refractivity contribution < 1.29 is 13.5 Å². The molecule has 0 aliphatic carbocycles. The lowest BCUT2D eigenvalue weighted by atomic mass is 10.1. The fraction of sp³-hybridized carbons (Fsp3) is 0.143. The average Bonchev–Trinajstić information content (AvgIpc) is 2.64. The standard InChI is InChI=1S/C21H19F2NO/c1-15(24-18-9-12-20(22)21(23)13-18)17-7-10-19(11-8-17)25-14-16-5-3-2-4-6-16/h2-13,15,24H,14H2,1H3. The van der Waals surface area contributed by atoms with Crippen molar-refractivity contribution in [3.05, 3.63) is 95.6 Å². The van der Waals surface area contributed by atoms with E-state index in [9.17, 15) is 8.78 Å². The van der Waals surface area contributed by atoms with E-state index in [0.717, 1.165) is 29.0 Å². The van der Waals surface area contributed by atoms with Crippen LogP contribution >= 0.6 is 0 Å². The molecule has 0 radical (unpaired) electrons. The molecule has 1 unspecified atom stereocenters. The summed E-state index contributed by atoms with van der Waals surface area (Å²) in [6.07, 6.45) is 0. The molecule has 0 fully saturated rings. The van der Waals surface area contributed by atoms with Crippen LogP contribution in [0, 0.1) is 11.6 Å². The van der Waals surface area contributed by atoms with E-state index in [4.69, 9.17) is 4.74 Å². The van der Waals surface area contributed by atoms with E-state index in [1.807, 2.05) is 61.5 Å². The van der Waals surface area contributed by atoms with Gasteiger partial charge in [0.05, 0.1) is 0 Å². The topological polar surface area (TPSA) is 21.3 Å². The summed E-state index contributed by atoms with van der Waals surface area (Å²) in [4.78, 5) is 0. The first-order valence-electron chi connectivity index (χ1n) is 8.10. The average molecular weight is 339 g/mol. The Hall–Kier alpha value is -2.88. The maximum Gasteiger partial charge on any atom is 0.160 e. The van der Waals surface area contributed by atoms with Gasteiger partial charge in [-0.1, -0.05) is 42.5 Å². The molecule has 3 aromatic carbocycles. The molecule has 3 rings (SSSR count). The zero-order valence-corrected chi connectivity index (χ0v) is 13.9. The molecule has 1 atom stereocenters. The molecular weight excluding hydrogens is 320 g/mol. The van der Waals surface area contributed by atoms with Gasteiger partial charge in [0.25, 0.3) is 0 Å². The number of nitrogens with one attached hydrogen (secondary N) is 1. The van der Waals surface area contributed by atoms with E-state index in [-0.39, 0.29) is 6.04 Å². The highest BCUT2D eigenvalue weighted by molar-refractivity contribution is 5.46. The molecule has 4 heteroatoms. The van der Waals surface area contributed by atoms with Crippen molar-refractivity contribution in [1.82, 2.24) is 0 Å². The van der Waals surface area contributed by atoms with E-state index < -0.39 is 11.6 Å². The van der Waals surface area contributed by atoms with Gasteiger partial charge in [-0.25, -0.2) is 8.78 Å². The highest BCUT2D eigenvalue weighted by Gasteiger charge is 2.08. The molecule has 0 spiro atoms. The maximum atomic E-state index is 13.3. The van der Waals surface area contributed by atoms with Crippen LogP contribution in [0.5, 0.6) is 5.75 Å². The number of hydrogen-bond donors (Lipinski definition) is 1. The summed E-state index contributed by atoms with van der Waals surface area (Å²) in [5.74, 6) is -0.924. The van der Waals surface area contributed by atoms with E-state index in [0.29, 0.717) is 12.3 Å². The van der Waals surface area contributed by atoms with Gasteiger partial charge in [-0.05, 0) is 42.3 Å². The summed E-state index contributed by atoms with van der Waals surface area (Å²) in [5, 5.41) is 3.16. The highest BCUT2D eigenvalue weighted by atomic mass is 19.2. The summed E-state index contributed by atoms with van der Waals surface area (Å²) < 4.78 is 32.0. The predicted octanol–water partition coefficient (Wildman–Crippen LogP) is 5.72. The Bertz CT molecular complexity index is 819. The Morgan fingerprint density at radius 3 is 2.28 bits per heavy atom. The van der Waals surface area contributed by atoms with E-state index in [1.165, 1.54) is 6.07 Å². The van der Waals surface area contributed by atoms with Crippen LogP contribution in [-0.4, -0.2) is 0 Å². The van der Waals surface area contributed by atoms with Crippen molar-refractivity contribution in [2.24, 2.45) is 0 Å². The monoisotopic (exact) mass is 339 g/mol. The number of benzene rings is 3. The van der Waals surface area contributed by atoms with Crippen molar-refractivity contribution in [2.75, 3.05) is 5.32 Å². The van der Waals surface area contributed by atoms with Crippen LogP contribution in [0.3, 0.4) is 0 Å². The van der Waals surface area contributed by atoms with Gasteiger partial charge in [0, 0.05) is 17.8 Å². The van der Waals surface area contributed by atoms with Crippen LogP contribution in [0.15, 0.2) is 72.8 Å². The molecule has 0 bridgehead atoms. The molecule has 2 nitrogen and oxygen atoms in total. The van der Waals surface area contributed by atoms with E-state index >= 15 is 0 Å². The van der Waals surface area contributed by atoms with Gasteiger partial charge in [-0.2, -0.15) is 0 Å². The fourth-order valence-corrected chi connectivity index (χ4v) is 2.51. The van der Waals surface area contributed by atoms with Crippen LogP contribution in [-0.2, 0) is 6.61 Å². The lowest BCUT2D eigenvalue weighted by Crippen LogP contribution is -2.07. The van der Waals surface area contributed by atoms with Crippen LogP contribution in [0.1, 0.15) is 24.1 Å². The van der Waals surface area contributed by atoms with Crippen molar-refractivity contribution >= 4 is 5.69 Å². The van der Waals surface area contributed by atoms with Crippen LogP contribution in [0.2, 0.25) is 0 Å². The van der Waals surface area contributed by atoms with Crippen LogP contribution < -0.4 is 10.1 Å². The number of ether oxygens (including phenoxy) is 1. The summed E-state index contributed by atoms with van der Waals surface area (Å²) in [7, 11) is 0. The van der Waals surface area contributed by atoms with Crippen LogP contribution in [0.25, 0.3) is 0 Å². The molecule has 0 aliphatic heterocycles. The van der Waals surface area contributed by atoms with Gasteiger partial charge >= 0.3 is 0 Å². The number of rotatable bonds is 6. The second-order valence-electron chi connectivity index (χ2n) is 5.84. The molecule has 0 saturated carbocycles. The number of halogens is 2. The first kappa shape index (κ1) is 17.0. The lowest BCUT2D eigenvalue weighted by molar-refractivity contribution is 0.306. The first-order chi connectivity index (χ1) is 12.1. The predicted molar refractivity (Wildman–Crippen MR) is 95.6 cm³/mol. The SMILES string of the molecule is CC(Nc1ccc(F)c(F)c1)c1ccc(OCc2ccccc2)cc1. The second-order valence-corrected chi connectivity index (χ2v) is 5.84. The molecular formula is C21H19F2NO. The zero-order valence-electron chi connectivity index (χ0n) is 13.9. The van der Waals surface area contributed by atoms with Gasteiger partial charge in [0.1, 0.15) is 12.4 Å². The quantitative estimate of drug-likeness (QED) is 0.620. The first-order valence-corrected chi connectivity index (χ1v) is 8.10. The smallest absolute Gasteiger partial charge is 0.160 e. The zero-order chi connectivity index (χ0) is 17.6. The normalized spacial score (nSPS) is 11.8. The van der Waals surface area contributed by atoms with E-state index in [1.54, 1.807) is 0 Å². The summed E-state index contributed by atoms with van der Waals surface area (Å²) in [5.41, 5.74) is 2.67. The summed E-state index contributed by atoms with van der Waals surface area (Å²) in [6, 6.07) is 21.4. The van der Waals surface area contributed by atoms with Gasteiger partial charge in [-0.15, -0.1) is 0 Å². The summed E-state index contributed by atoms with van der Waals surface area (Å²) >= 11 is 0. The van der Waals surface area contributed by atoms with Crippen molar-refractivity contribution in [3.63, 3.8) is 0 Å². The largest absolute Gasteiger partial charge is 0.489 e. The molecule has 0 aromatic heterocycles. The highest BCUT2D eigenvalue weighted by Crippen LogP contribution is 2.23. The second kappa shape index (κ2) is 7.79. The Balaban J connectivity index is 1.60. The van der Waals surface area contributed by atoms with Gasteiger partial charge in [0.2, 0.25) is 0 Å². The Labute approximate surface area is 146 Å². The Morgan fingerprint density at radius 2 is 1.60 bits per heavy atom. The molecule has 25 heavy (non-hydrogen) atoms. The molecule has 1 N–H and O–H groups in total. The third kappa shape index (κ3) is 4.57. The summed E-state index contributed by atoms with van der Waals surface area (Å²) in [6.45, 7) is 2.48. The minimum absolute atomic E-state index is 0.0481. The third-order valence-corrected chi connectivity index (χ3v) is 3.93. The Kier molecular flexibility index (Phi) is 5.29. The lowest BCUT2D eigenvalue weighted by Gasteiger charge is -2.16. The van der Waals surface area contributed by atoms with E-state index in [2.05, 4.69) is 5.32 Å². The number of anilines is 1. The fourth-order valence-electron chi connectivity index (χ4n) is 2.51. The minimum Gasteiger partial charge on any atom is -0.489 e. The number of hydrogen-bond acceptors (Lipinski definition) is 2. The molecule has 0 amide bonds. The molecule has 0 aliphatic rings. The van der Waals surface area contributed by atoms with Gasteiger partial charge in [-0.3, -0.25) is 0 Å². The van der Waals surface area contributed by atoms with Crippen molar-refractivity contribution in [2.45, 2.75) is 19.6 Å². The molecule has 0 heterocycles.